The molecule has 0 aliphatic carbocycles. The van der Waals surface area contributed by atoms with Gasteiger partial charge in [-0.15, -0.1) is 0 Å². The van der Waals surface area contributed by atoms with E-state index >= 15 is 0 Å². The van der Waals surface area contributed by atoms with Crippen molar-refractivity contribution < 1.29 is 14.3 Å². The highest BCUT2D eigenvalue weighted by Gasteiger charge is 2.26. The van der Waals surface area contributed by atoms with Crippen LogP contribution in [0, 0.1) is 0 Å². The van der Waals surface area contributed by atoms with Crippen LogP contribution in [0.4, 0.5) is 10.5 Å². The van der Waals surface area contributed by atoms with Gasteiger partial charge in [0, 0.05) is 4.47 Å². The Morgan fingerprint density at radius 3 is 2.86 bits per heavy atom. The number of carbonyl (C=O) groups excluding carboxylic acids is 1. The number of hydrogen-bond donors (Lipinski definition) is 0. The van der Waals surface area contributed by atoms with Crippen LogP contribution in [0.1, 0.15) is 5.56 Å². The largest absolute Gasteiger partial charge is 0.489 e. The van der Waals surface area contributed by atoms with Crippen LogP contribution in [0.5, 0.6) is 5.75 Å². The van der Waals surface area contributed by atoms with Crippen LogP contribution >= 0.6 is 27.5 Å². The third-order valence-corrected chi connectivity index (χ3v) is 4.49. The van der Waals surface area contributed by atoms with Gasteiger partial charge in [0.15, 0.2) is 0 Å². The molecule has 0 spiro atoms. The summed E-state index contributed by atoms with van der Waals surface area (Å²) in [6.07, 6.45) is -0.410. The number of hydrogen-bond acceptors (Lipinski definition) is 3. The zero-order valence-corrected chi connectivity index (χ0v) is 13.9. The number of amides is 1. The molecule has 0 saturated heterocycles. The molecule has 4 nitrogen and oxygen atoms in total. The molecule has 3 rings (SSSR count). The van der Waals surface area contributed by atoms with E-state index in [4.69, 9.17) is 21.1 Å². The summed E-state index contributed by atoms with van der Waals surface area (Å²) in [4.78, 5) is 13.9. The Labute approximate surface area is 141 Å². The predicted molar refractivity (Wildman–Crippen MR) is 88.6 cm³/mol. The number of halogens is 2. The summed E-state index contributed by atoms with van der Waals surface area (Å²) in [5.74, 6) is 0.610. The first kappa shape index (κ1) is 15.2. The van der Waals surface area contributed by atoms with Crippen molar-refractivity contribution >= 4 is 39.3 Å². The number of nitrogens with zero attached hydrogens (tertiary/aromatic N) is 1. The fourth-order valence-electron chi connectivity index (χ4n) is 2.20. The van der Waals surface area contributed by atoms with E-state index in [1.807, 2.05) is 30.3 Å². The van der Waals surface area contributed by atoms with E-state index in [0.717, 1.165) is 10.0 Å². The van der Waals surface area contributed by atoms with Gasteiger partial charge >= 0.3 is 6.09 Å². The molecule has 2 aromatic carbocycles. The number of benzene rings is 2. The van der Waals surface area contributed by atoms with Gasteiger partial charge in [0.05, 0.1) is 17.3 Å². The van der Waals surface area contributed by atoms with Crippen molar-refractivity contribution in [3.63, 3.8) is 0 Å². The van der Waals surface area contributed by atoms with Gasteiger partial charge in [-0.05, 0) is 33.6 Å². The molecule has 22 heavy (non-hydrogen) atoms. The summed E-state index contributed by atoms with van der Waals surface area (Å²) in [5, 5.41) is 0.519. The SMILES string of the molecule is O=C(OCc1ccccc1)N1CCOc2cc(Br)c(Cl)cc21. The molecular weight excluding hydrogens is 370 g/mol. The van der Waals surface area contributed by atoms with Crippen molar-refractivity contribution in [1.82, 2.24) is 0 Å². The molecule has 114 valence electrons. The first-order chi connectivity index (χ1) is 10.6. The van der Waals surface area contributed by atoms with Crippen LogP contribution in [0.25, 0.3) is 0 Å². The fraction of sp³-hybridized carbons (Fsp3) is 0.188. The molecule has 0 atom stereocenters. The van der Waals surface area contributed by atoms with Crippen molar-refractivity contribution in [3.8, 4) is 5.75 Å². The molecular formula is C16H13BrClNO3. The number of rotatable bonds is 2. The summed E-state index contributed by atoms with van der Waals surface area (Å²) in [7, 11) is 0. The van der Waals surface area contributed by atoms with Gasteiger partial charge in [0.25, 0.3) is 0 Å². The lowest BCUT2D eigenvalue weighted by molar-refractivity contribution is 0.144. The minimum absolute atomic E-state index is 0.233. The van der Waals surface area contributed by atoms with E-state index in [1.165, 1.54) is 0 Å². The number of ether oxygens (including phenoxy) is 2. The van der Waals surface area contributed by atoms with E-state index < -0.39 is 6.09 Å². The van der Waals surface area contributed by atoms with Gasteiger partial charge in [0.2, 0.25) is 0 Å². The Balaban J connectivity index is 1.76. The molecule has 0 bridgehead atoms. The first-order valence-corrected chi connectivity index (χ1v) is 7.92. The predicted octanol–water partition coefficient (Wildman–Crippen LogP) is 4.64. The highest BCUT2D eigenvalue weighted by atomic mass is 79.9. The van der Waals surface area contributed by atoms with E-state index in [-0.39, 0.29) is 6.61 Å². The maximum absolute atomic E-state index is 12.3. The second-order valence-corrected chi connectivity index (χ2v) is 6.04. The number of anilines is 1. The van der Waals surface area contributed by atoms with Crippen LogP contribution in [0.3, 0.4) is 0 Å². The Hall–Kier alpha value is -1.72. The van der Waals surface area contributed by atoms with Crippen LogP contribution in [0.2, 0.25) is 5.02 Å². The van der Waals surface area contributed by atoms with Crippen molar-refractivity contribution in [2.45, 2.75) is 6.61 Å². The lowest BCUT2D eigenvalue weighted by atomic mass is 10.2. The molecule has 0 fully saturated rings. The molecule has 1 aliphatic rings. The summed E-state index contributed by atoms with van der Waals surface area (Å²) in [5.41, 5.74) is 1.57. The Bertz CT molecular complexity index is 693. The van der Waals surface area contributed by atoms with Gasteiger partial charge in [0.1, 0.15) is 19.0 Å². The van der Waals surface area contributed by atoms with Gasteiger partial charge in [-0.3, -0.25) is 4.90 Å². The average molecular weight is 383 g/mol. The standard InChI is InChI=1S/C16H13BrClNO3/c17-12-8-15-14(9-13(12)18)19(6-7-21-15)16(20)22-10-11-4-2-1-3-5-11/h1-5,8-9H,6-7,10H2. The van der Waals surface area contributed by atoms with Gasteiger partial charge in [-0.1, -0.05) is 41.9 Å². The molecule has 6 heteroatoms. The number of carbonyl (C=O) groups is 1. The van der Waals surface area contributed by atoms with E-state index in [1.54, 1.807) is 17.0 Å². The molecule has 0 N–H and O–H groups in total. The monoisotopic (exact) mass is 381 g/mol. The Morgan fingerprint density at radius 1 is 1.32 bits per heavy atom. The van der Waals surface area contributed by atoms with Crippen molar-refractivity contribution in [3.05, 3.63) is 57.5 Å². The van der Waals surface area contributed by atoms with Crippen LogP contribution in [-0.4, -0.2) is 19.2 Å². The van der Waals surface area contributed by atoms with E-state index in [2.05, 4.69) is 15.9 Å². The van der Waals surface area contributed by atoms with E-state index in [9.17, 15) is 4.79 Å². The average Bonchev–Trinajstić information content (AvgIpc) is 2.54. The van der Waals surface area contributed by atoms with Gasteiger partial charge in [-0.2, -0.15) is 0 Å². The highest BCUT2D eigenvalue weighted by Crippen LogP contribution is 2.38. The normalized spacial score (nSPS) is 13.3. The minimum Gasteiger partial charge on any atom is -0.489 e. The molecule has 0 unspecified atom stereocenters. The minimum atomic E-state index is -0.410. The molecule has 0 saturated carbocycles. The fourth-order valence-corrected chi connectivity index (χ4v) is 2.68. The third kappa shape index (κ3) is 3.20. The zero-order valence-electron chi connectivity index (χ0n) is 11.6. The van der Waals surface area contributed by atoms with Crippen LogP contribution in [-0.2, 0) is 11.3 Å². The van der Waals surface area contributed by atoms with Crippen LogP contribution < -0.4 is 9.64 Å². The second kappa shape index (κ2) is 6.58. The topological polar surface area (TPSA) is 38.8 Å². The van der Waals surface area contributed by atoms with Gasteiger partial charge < -0.3 is 9.47 Å². The van der Waals surface area contributed by atoms with Crippen LogP contribution in [0.15, 0.2) is 46.9 Å². The lowest BCUT2D eigenvalue weighted by Gasteiger charge is -2.29. The van der Waals surface area contributed by atoms with Crippen molar-refractivity contribution in [1.29, 1.82) is 0 Å². The Morgan fingerprint density at radius 2 is 2.09 bits per heavy atom. The quantitative estimate of drug-likeness (QED) is 0.759. The maximum atomic E-state index is 12.3. The Kier molecular flexibility index (Phi) is 4.55. The summed E-state index contributed by atoms with van der Waals surface area (Å²) in [6.45, 7) is 1.08. The highest BCUT2D eigenvalue weighted by molar-refractivity contribution is 9.10. The molecule has 0 aromatic heterocycles. The second-order valence-electron chi connectivity index (χ2n) is 4.77. The molecule has 1 amide bonds. The maximum Gasteiger partial charge on any atom is 0.414 e. The first-order valence-electron chi connectivity index (χ1n) is 6.75. The molecule has 1 aliphatic heterocycles. The third-order valence-electron chi connectivity index (χ3n) is 3.29. The summed E-state index contributed by atoms with van der Waals surface area (Å²) >= 11 is 9.45. The molecule has 2 aromatic rings. The van der Waals surface area contributed by atoms with Gasteiger partial charge in [-0.25, -0.2) is 4.79 Å². The molecule has 1 heterocycles. The number of fused-ring (bicyclic) bond motifs is 1. The zero-order chi connectivity index (χ0) is 15.5. The summed E-state index contributed by atoms with van der Waals surface area (Å²) < 4.78 is 11.7. The lowest BCUT2D eigenvalue weighted by Crippen LogP contribution is -2.38. The van der Waals surface area contributed by atoms with Crippen molar-refractivity contribution in [2.75, 3.05) is 18.1 Å². The molecule has 0 radical (unpaired) electrons. The smallest absolute Gasteiger partial charge is 0.414 e. The van der Waals surface area contributed by atoms with E-state index in [0.29, 0.717) is 29.6 Å². The van der Waals surface area contributed by atoms with Crippen molar-refractivity contribution in [2.24, 2.45) is 0 Å². The summed E-state index contributed by atoms with van der Waals surface area (Å²) in [6, 6.07) is 13.0.